The van der Waals surface area contributed by atoms with E-state index in [-0.39, 0.29) is 41.2 Å². The summed E-state index contributed by atoms with van der Waals surface area (Å²) in [6, 6.07) is 29.3. The van der Waals surface area contributed by atoms with Gasteiger partial charge < -0.3 is 19.5 Å². The molecule has 1 aliphatic heterocycles. The van der Waals surface area contributed by atoms with Gasteiger partial charge in [0.2, 0.25) is 0 Å². The standard InChI is InChI=1S/C31H36N2O4S/c1-22-23(2)29(36-20-25-14-8-4-9-15-25)28(21-35-19-24-12-6-3-7-13-24)37-27(22)18-32-31(38)33-30(34)26-16-10-5-11-17-26/h3-17,22-23,27-29H,18-21H2,1-2H3,(H2,32,33,34,38)/t22-,23+,27+,28+,29-/m0/s1. The van der Waals surface area contributed by atoms with Crippen molar-refractivity contribution in [3.63, 3.8) is 0 Å². The van der Waals surface area contributed by atoms with Crippen LogP contribution < -0.4 is 10.6 Å². The molecule has 38 heavy (non-hydrogen) atoms. The predicted octanol–water partition coefficient (Wildman–Crippen LogP) is 5.13. The second-order valence-electron chi connectivity index (χ2n) is 9.72. The van der Waals surface area contributed by atoms with Crippen molar-refractivity contribution in [3.8, 4) is 0 Å². The van der Waals surface area contributed by atoms with Crippen LogP contribution in [0.5, 0.6) is 0 Å². The highest BCUT2D eigenvalue weighted by Crippen LogP contribution is 2.33. The lowest BCUT2D eigenvalue weighted by atomic mass is 9.81. The second kappa shape index (κ2) is 14.2. The zero-order chi connectivity index (χ0) is 26.7. The number of thiocarbonyl (C=S) groups is 1. The van der Waals surface area contributed by atoms with E-state index in [1.54, 1.807) is 12.1 Å². The summed E-state index contributed by atoms with van der Waals surface area (Å²) in [5.41, 5.74) is 2.80. The lowest BCUT2D eigenvalue weighted by Crippen LogP contribution is -2.55. The monoisotopic (exact) mass is 532 g/mol. The quantitative estimate of drug-likeness (QED) is 0.353. The molecule has 0 bridgehead atoms. The third kappa shape index (κ3) is 7.95. The molecule has 0 radical (unpaired) electrons. The lowest BCUT2D eigenvalue weighted by Gasteiger charge is -2.44. The van der Waals surface area contributed by atoms with Gasteiger partial charge in [0.05, 0.1) is 32.0 Å². The Morgan fingerprint density at radius 1 is 0.816 bits per heavy atom. The molecule has 3 aromatic carbocycles. The van der Waals surface area contributed by atoms with Crippen LogP contribution in [0, 0.1) is 11.8 Å². The molecule has 4 rings (SSSR count). The van der Waals surface area contributed by atoms with Crippen molar-refractivity contribution in [2.45, 2.75) is 45.4 Å². The van der Waals surface area contributed by atoms with Crippen LogP contribution in [0.1, 0.15) is 35.3 Å². The third-order valence-corrected chi connectivity index (χ3v) is 7.30. The van der Waals surface area contributed by atoms with Crippen LogP contribution in [0.15, 0.2) is 91.0 Å². The van der Waals surface area contributed by atoms with E-state index in [0.717, 1.165) is 11.1 Å². The second-order valence-corrected chi connectivity index (χ2v) is 10.1. The number of ether oxygens (including phenoxy) is 3. The SMILES string of the molecule is C[C@@H]1[C@H](C)[C@@H](CNC(=S)NC(=O)c2ccccc2)O[C@H](COCc2ccccc2)[C@H]1OCc1ccccc1. The number of carbonyl (C=O) groups is 1. The van der Waals surface area contributed by atoms with Crippen LogP contribution >= 0.6 is 12.2 Å². The molecule has 1 aliphatic rings. The third-order valence-electron chi connectivity index (χ3n) is 7.06. The van der Waals surface area contributed by atoms with Gasteiger partial charge >= 0.3 is 0 Å². The average Bonchev–Trinajstić information content (AvgIpc) is 2.95. The molecule has 1 fully saturated rings. The molecule has 1 heterocycles. The Kier molecular flexibility index (Phi) is 10.4. The summed E-state index contributed by atoms with van der Waals surface area (Å²) >= 11 is 5.39. The average molecular weight is 533 g/mol. The fraction of sp³-hybridized carbons (Fsp3) is 0.355. The summed E-state index contributed by atoms with van der Waals surface area (Å²) in [6.45, 7) is 6.28. The van der Waals surface area contributed by atoms with Gasteiger partial charge in [0.25, 0.3) is 5.91 Å². The van der Waals surface area contributed by atoms with E-state index in [9.17, 15) is 4.79 Å². The zero-order valence-electron chi connectivity index (χ0n) is 21.9. The van der Waals surface area contributed by atoms with Gasteiger partial charge in [0, 0.05) is 12.1 Å². The van der Waals surface area contributed by atoms with Gasteiger partial charge in [-0.3, -0.25) is 10.1 Å². The van der Waals surface area contributed by atoms with E-state index in [1.807, 2.05) is 66.7 Å². The number of rotatable bonds is 10. The van der Waals surface area contributed by atoms with Crippen molar-refractivity contribution in [2.75, 3.05) is 13.2 Å². The topological polar surface area (TPSA) is 68.8 Å². The Morgan fingerprint density at radius 2 is 1.39 bits per heavy atom. The minimum Gasteiger partial charge on any atom is -0.374 e. The number of amides is 1. The van der Waals surface area contributed by atoms with Crippen LogP contribution in [0.4, 0.5) is 0 Å². The Hall–Kier alpha value is -3.10. The van der Waals surface area contributed by atoms with Crippen molar-refractivity contribution in [1.29, 1.82) is 0 Å². The summed E-state index contributed by atoms with van der Waals surface area (Å²) in [5, 5.41) is 6.20. The summed E-state index contributed by atoms with van der Waals surface area (Å²) < 4.78 is 19.1. The summed E-state index contributed by atoms with van der Waals surface area (Å²) in [6.07, 6.45) is -0.492. The van der Waals surface area contributed by atoms with Crippen molar-refractivity contribution < 1.29 is 19.0 Å². The molecule has 0 aromatic heterocycles. The summed E-state index contributed by atoms with van der Waals surface area (Å²) in [4.78, 5) is 12.4. The van der Waals surface area contributed by atoms with Crippen LogP contribution in [0.3, 0.4) is 0 Å². The maximum atomic E-state index is 12.4. The highest BCUT2D eigenvalue weighted by molar-refractivity contribution is 7.80. The number of hydrogen-bond acceptors (Lipinski definition) is 5. The van der Waals surface area contributed by atoms with Crippen LogP contribution in [0.25, 0.3) is 0 Å². The summed E-state index contributed by atoms with van der Waals surface area (Å²) in [5.74, 6) is 0.175. The molecule has 0 unspecified atom stereocenters. The van der Waals surface area contributed by atoms with E-state index < -0.39 is 0 Å². The molecule has 5 atom stereocenters. The van der Waals surface area contributed by atoms with Gasteiger partial charge in [-0.1, -0.05) is 92.7 Å². The first-order valence-corrected chi connectivity index (χ1v) is 13.5. The van der Waals surface area contributed by atoms with E-state index >= 15 is 0 Å². The Labute approximate surface area is 230 Å². The maximum absolute atomic E-state index is 12.4. The molecule has 7 heteroatoms. The van der Waals surface area contributed by atoms with Crippen molar-refractivity contribution in [1.82, 2.24) is 10.6 Å². The van der Waals surface area contributed by atoms with E-state index in [4.69, 9.17) is 26.4 Å². The Bertz CT molecular complexity index is 1150. The molecular formula is C31H36N2O4S. The molecular weight excluding hydrogens is 496 g/mol. The molecule has 6 nitrogen and oxygen atoms in total. The van der Waals surface area contributed by atoms with Crippen molar-refractivity contribution in [2.24, 2.45) is 11.8 Å². The molecule has 2 N–H and O–H groups in total. The summed E-state index contributed by atoms with van der Waals surface area (Å²) in [7, 11) is 0. The molecule has 3 aromatic rings. The van der Waals surface area contributed by atoms with E-state index in [2.05, 4.69) is 36.6 Å². The fourth-order valence-corrected chi connectivity index (χ4v) is 4.84. The molecule has 0 spiro atoms. The molecule has 0 saturated carbocycles. The molecule has 0 aliphatic carbocycles. The van der Waals surface area contributed by atoms with Gasteiger partial charge in [-0.05, 0) is 47.3 Å². The van der Waals surface area contributed by atoms with Crippen molar-refractivity contribution >= 4 is 23.2 Å². The van der Waals surface area contributed by atoms with Gasteiger partial charge in [-0.15, -0.1) is 0 Å². The smallest absolute Gasteiger partial charge is 0.257 e. The highest BCUT2D eigenvalue weighted by Gasteiger charge is 2.42. The number of nitrogens with one attached hydrogen (secondary N) is 2. The van der Waals surface area contributed by atoms with Gasteiger partial charge in [0.1, 0.15) is 6.10 Å². The van der Waals surface area contributed by atoms with Gasteiger partial charge in [-0.2, -0.15) is 0 Å². The Morgan fingerprint density at radius 3 is 2.03 bits per heavy atom. The minimum atomic E-state index is -0.243. The number of benzene rings is 3. The normalized spacial score (nSPS) is 22.9. The molecule has 1 amide bonds. The van der Waals surface area contributed by atoms with Gasteiger partial charge in [0.15, 0.2) is 5.11 Å². The predicted molar refractivity (Wildman–Crippen MR) is 153 cm³/mol. The van der Waals surface area contributed by atoms with Crippen molar-refractivity contribution in [3.05, 3.63) is 108 Å². The first-order chi connectivity index (χ1) is 18.5. The number of hydrogen-bond donors (Lipinski definition) is 2. The number of carbonyl (C=O) groups excluding carboxylic acids is 1. The molecule has 200 valence electrons. The van der Waals surface area contributed by atoms with E-state index in [1.165, 1.54) is 0 Å². The van der Waals surface area contributed by atoms with Crippen LogP contribution in [0.2, 0.25) is 0 Å². The largest absolute Gasteiger partial charge is 0.374 e. The molecule has 1 saturated heterocycles. The minimum absolute atomic E-state index is 0.123. The first-order valence-electron chi connectivity index (χ1n) is 13.1. The first kappa shape index (κ1) is 27.9. The lowest BCUT2D eigenvalue weighted by molar-refractivity contribution is -0.204. The highest BCUT2D eigenvalue weighted by atomic mass is 32.1. The van der Waals surface area contributed by atoms with Crippen LogP contribution in [-0.4, -0.2) is 42.5 Å². The Balaban J connectivity index is 1.36. The van der Waals surface area contributed by atoms with Crippen LogP contribution in [-0.2, 0) is 27.4 Å². The zero-order valence-corrected chi connectivity index (χ0v) is 22.7. The van der Waals surface area contributed by atoms with E-state index in [0.29, 0.717) is 31.9 Å². The fourth-order valence-electron chi connectivity index (χ4n) is 4.67. The van der Waals surface area contributed by atoms with Gasteiger partial charge in [-0.25, -0.2) is 0 Å². The maximum Gasteiger partial charge on any atom is 0.257 e.